The van der Waals surface area contributed by atoms with Crippen molar-refractivity contribution in [2.24, 2.45) is 5.16 Å². The Kier molecular flexibility index (Phi) is 4.48. The van der Waals surface area contributed by atoms with Gasteiger partial charge in [0.25, 0.3) is 0 Å². The molecular formula is C13H12N4O2S3. The van der Waals surface area contributed by atoms with Gasteiger partial charge in [-0.1, -0.05) is 17.3 Å². The number of aromatic nitrogens is 2. The molecular weight excluding hydrogens is 340 g/mol. The van der Waals surface area contributed by atoms with E-state index in [1.165, 1.54) is 29.8 Å². The summed E-state index contributed by atoms with van der Waals surface area (Å²) in [5.41, 5.74) is 7.28. The first kappa shape index (κ1) is 15.1. The van der Waals surface area contributed by atoms with Gasteiger partial charge in [0.05, 0.1) is 10.2 Å². The highest BCUT2D eigenvalue weighted by molar-refractivity contribution is 8.01. The predicted molar refractivity (Wildman–Crippen MR) is 94.6 cm³/mol. The Morgan fingerprint density at radius 2 is 2.18 bits per heavy atom. The summed E-state index contributed by atoms with van der Waals surface area (Å²) < 4.78 is 1.84. The van der Waals surface area contributed by atoms with Crippen LogP contribution >= 0.6 is 34.0 Å². The molecule has 0 radical (unpaired) electrons. The molecule has 0 aliphatic heterocycles. The third kappa shape index (κ3) is 3.17. The van der Waals surface area contributed by atoms with Gasteiger partial charge in [-0.3, -0.25) is 0 Å². The molecule has 0 saturated carbocycles. The summed E-state index contributed by atoms with van der Waals surface area (Å²) in [4.78, 5) is 13.4. The topological polar surface area (TPSA) is 93.6 Å². The monoisotopic (exact) mass is 352 g/mol. The summed E-state index contributed by atoms with van der Waals surface area (Å²) in [6.07, 6.45) is 0. The lowest BCUT2D eigenvalue weighted by atomic mass is 10.3. The number of para-hydroxylation sites is 1. The predicted octanol–water partition coefficient (Wildman–Crippen LogP) is 2.90. The molecule has 0 spiro atoms. The first-order valence-corrected chi connectivity index (χ1v) is 8.72. The molecule has 0 amide bonds. The van der Waals surface area contributed by atoms with Crippen LogP contribution in [0.25, 0.3) is 10.2 Å². The minimum atomic E-state index is 0.0196. The lowest BCUT2D eigenvalue weighted by molar-refractivity contribution is 0.214. The van der Waals surface area contributed by atoms with Gasteiger partial charge in [-0.2, -0.15) is 0 Å². The quantitative estimate of drug-likeness (QED) is 0.290. The van der Waals surface area contributed by atoms with Gasteiger partial charge in [0.2, 0.25) is 0 Å². The largest absolute Gasteiger partial charge is 0.399 e. The molecule has 2 aromatic heterocycles. The number of anilines is 1. The molecule has 3 rings (SSSR count). The number of nitrogens with zero attached hydrogens (tertiary/aromatic N) is 3. The van der Waals surface area contributed by atoms with Crippen LogP contribution in [0.1, 0.15) is 5.69 Å². The van der Waals surface area contributed by atoms with E-state index < -0.39 is 0 Å². The fourth-order valence-corrected chi connectivity index (χ4v) is 4.33. The molecule has 0 unspecified atom stereocenters. The number of aliphatic hydroxyl groups excluding tert-OH is 1. The van der Waals surface area contributed by atoms with E-state index in [1.54, 1.807) is 5.38 Å². The molecule has 3 aromatic rings. The summed E-state index contributed by atoms with van der Waals surface area (Å²) in [6, 6.07) is 7.82. The standard InChI is InChI=1S/C13H12N4O2S3/c1-19-17-10(8-6-20-12(14)15-8)11(18)22-13-16-7-4-2-3-5-9(7)21-13/h2-6,18,22H,1H3,(H2,14,15)/b17-10-. The molecule has 9 heteroatoms. The number of fused-ring (bicyclic) bond motifs is 1. The average molecular weight is 352 g/mol. The van der Waals surface area contributed by atoms with Gasteiger partial charge in [0.15, 0.2) is 10.8 Å². The Morgan fingerprint density at radius 3 is 2.86 bits per heavy atom. The van der Waals surface area contributed by atoms with Gasteiger partial charge in [-0.25, -0.2) is 9.97 Å². The normalized spacial score (nSPS) is 13.2. The molecule has 0 aliphatic rings. The van der Waals surface area contributed by atoms with Crippen molar-refractivity contribution in [2.75, 3.05) is 12.8 Å². The summed E-state index contributed by atoms with van der Waals surface area (Å²) in [7, 11) is 1.41. The van der Waals surface area contributed by atoms with Crippen molar-refractivity contribution >= 4 is 60.1 Å². The van der Waals surface area contributed by atoms with Crippen molar-refractivity contribution in [3.63, 3.8) is 0 Å². The van der Waals surface area contributed by atoms with E-state index in [2.05, 4.69) is 15.1 Å². The van der Waals surface area contributed by atoms with Crippen LogP contribution in [-0.2, 0) is 4.84 Å². The van der Waals surface area contributed by atoms with Crippen LogP contribution in [0.5, 0.6) is 0 Å². The maximum Gasteiger partial charge on any atom is 0.180 e. The maximum absolute atomic E-state index is 10.4. The zero-order chi connectivity index (χ0) is 15.5. The number of hydrogen-bond donors (Lipinski definition) is 3. The van der Waals surface area contributed by atoms with Crippen molar-refractivity contribution in [3.8, 4) is 0 Å². The van der Waals surface area contributed by atoms with Crippen molar-refractivity contribution < 1.29 is 9.94 Å². The minimum absolute atomic E-state index is 0.0196. The lowest BCUT2D eigenvalue weighted by Gasteiger charge is -2.00. The summed E-state index contributed by atoms with van der Waals surface area (Å²) in [5, 5.41) is 16.4. The SMILES string of the molecule is CO/N=C(\C(O)=[SH]\c1nc2ccccc2s1)c1csc(N)n1. The van der Waals surface area contributed by atoms with Crippen molar-refractivity contribution in [2.45, 2.75) is 4.34 Å². The number of aliphatic hydroxyl groups is 1. The van der Waals surface area contributed by atoms with Gasteiger partial charge >= 0.3 is 0 Å². The van der Waals surface area contributed by atoms with Crippen molar-refractivity contribution in [1.29, 1.82) is 0 Å². The van der Waals surface area contributed by atoms with Gasteiger partial charge in [-0.05, 0) is 12.1 Å². The molecule has 114 valence electrons. The fraction of sp³-hybridized carbons (Fsp3) is 0.0769. The van der Waals surface area contributed by atoms with E-state index in [0.717, 1.165) is 14.6 Å². The van der Waals surface area contributed by atoms with Crippen LogP contribution in [0.4, 0.5) is 5.13 Å². The molecule has 0 bridgehead atoms. The van der Waals surface area contributed by atoms with Crippen molar-refractivity contribution in [1.82, 2.24) is 9.97 Å². The summed E-state index contributed by atoms with van der Waals surface area (Å²) >= 11 is 3.34. The Bertz CT molecular complexity index is 836. The Labute approximate surface area is 137 Å². The highest BCUT2D eigenvalue weighted by Gasteiger charge is 2.14. The third-order valence-corrected chi connectivity index (χ3v) is 5.42. The van der Waals surface area contributed by atoms with E-state index in [1.807, 2.05) is 24.3 Å². The number of hydrogen-bond acceptors (Lipinski definition) is 7. The molecule has 0 saturated heterocycles. The zero-order valence-electron chi connectivity index (χ0n) is 11.4. The molecule has 0 atom stereocenters. The van der Waals surface area contributed by atoms with E-state index >= 15 is 0 Å². The number of nitrogen functional groups attached to an aromatic ring is 1. The molecule has 0 fully saturated rings. The van der Waals surface area contributed by atoms with Crippen LogP contribution in [0.3, 0.4) is 0 Å². The second-order valence-electron chi connectivity index (χ2n) is 4.09. The molecule has 6 nitrogen and oxygen atoms in total. The van der Waals surface area contributed by atoms with E-state index in [9.17, 15) is 5.11 Å². The fourth-order valence-electron chi connectivity index (χ4n) is 1.74. The molecule has 1 aromatic carbocycles. The number of thiol groups is 1. The van der Waals surface area contributed by atoms with Gasteiger partial charge in [0.1, 0.15) is 22.2 Å². The second-order valence-corrected chi connectivity index (χ2v) is 7.39. The number of thiazole rings is 2. The van der Waals surface area contributed by atoms with Crippen molar-refractivity contribution in [3.05, 3.63) is 35.3 Å². The lowest BCUT2D eigenvalue weighted by Crippen LogP contribution is -2.14. The minimum Gasteiger partial charge on any atom is -0.399 e. The molecule has 0 aliphatic carbocycles. The molecule has 3 N–H and O–H groups in total. The summed E-state index contributed by atoms with van der Waals surface area (Å²) in [6.45, 7) is 0. The molecule has 22 heavy (non-hydrogen) atoms. The van der Waals surface area contributed by atoms with E-state index in [-0.39, 0.29) is 10.8 Å². The highest BCUT2D eigenvalue weighted by Crippen LogP contribution is 2.26. The first-order chi connectivity index (χ1) is 10.7. The van der Waals surface area contributed by atoms with Crippen LogP contribution in [0.15, 0.2) is 39.1 Å². The van der Waals surface area contributed by atoms with Crippen LogP contribution in [0.2, 0.25) is 0 Å². The van der Waals surface area contributed by atoms with Crippen LogP contribution in [-0.4, -0.2) is 32.9 Å². The highest BCUT2D eigenvalue weighted by atomic mass is 32.2. The number of benzene rings is 1. The number of nitrogens with two attached hydrogens (primary N) is 1. The van der Waals surface area contributed by atoms with E-state index in [4.69, 9.17) is 10.6 Å². The van der Waals surface area contributed by atoms with Crippen LogP contribution in [0, 0.1) is 0 Å². The van der Waals surface area contributed by atoms with E-state index in [0.29, 0.717) is 22.2 Å². The van der Waals surface area contributed by atoms with Gasteiger partial charge in [-0.15, -0.1) is 34.0 Å². The van der Waals surface area contributed by atoms with Gasteiger partial charge < -0.3 is 15.7 Å². The third-order valence-electron chi connectivity index (χ3n) is 2.64. The second kappa shape index (κ2) is 6.53. The average Bonchev–Trinajstić information content (AvgIpc) is 3.10. The maximum atomic E-state index is 10.4. The Balaban J connectivity index is 1.99. The number of oxime groups is 1. The first-order valence-electron chi connectivity index (χ1n) is 6.13. The summed E-state index contributed by atoms with van der Waals surface area (Å²) in [5.74, 6) is 0. The Hall–Kier alpha value is -1.81. The van der Waals surface area contributed by atoms with Gasteiger partial charge in [0, 0.05) is 5.38 Å². The molecule has 2 heterocycles. The number of rotatable bonds is 4. The van der Waals surface area contributed by atoms with Crippen LogP contribution < -0.4 is 5.73 Å². The zero-order valence-corrected chi connectivity index (χ0v) is 14.0. The Morgan fingerprint density at radius 1 is 1.36 bits per heavy atom. The smallest absolute Gasteiger partial charge is 0.180 e.